The summed E-state index contributed by atoms with van der Waals surface area (Å²) in [4.78, 5) is 34.3. The second kappa shape index (κ2) is 9.30. The van der Waals surface area contributed by atoms with Gasteiger partial charge in [0.2, 0.25) is 0 Å². The third-order valence-electron chi connectivity index (χ3n) is 5.06. The van der Waals surface area contributed by atoms with E-state index in [9.17, 15) is 14.9 Å². The Balaban J connectivity index is 1.71. The predicted octanol–water partition coefficient (Wildman–Crippen LogP) is 3.24. The van der Waals surface area contributed by atoms with E-state index in [2.05, 4.69) is 37.3 Å². The Morgan fingerprint density at radius 1 is 1.37 bits per heavy atom. The minimum absolute atomic E-state index is 0.0241. The SMILES string of the molecule is CCOC(=O)c1cc(C)nc(N2CCC(NC(=O)c3cc(Br)c(C)[nH]3)CC2)c1C#N. The van der Waals surface area contributed by atoms with E-state index in [1.165, 1.54) is 0 Å². The average molecular weight is 474 g/mol. The van der Waals surface area contributed by atoms with E-state index in [1.807, 2.05) is 11.8 Å². The number of nitrogens with zero attached hydrogens (tertiary/aromatic N) is 3. The Morgan fingerprint density at radius 3 is 2.63 bits per heavy atom. The van der Waals surface area contributed by atoms with Crippen LogP contribution in [-0.2, 0) is 4.74 Å². The topological polar surface area (TPSA) is 111 Å². The minimum atomic E-state index is -0.518. The Labute approximate surface area is 183 Å². The van der Waals surface area contributed by atoms with Crippen molar-refractivity contribution in [3.8, 4) is 6.07 Å². The van der Waals surface area contributed by atoms with Crippen molar-refractivity contribution in [2.45, 2.75) is 39.7 Å². The predicted molar refractivity (Wildman–Crippen MR) is 116 cm³/mol. The van der Waals surface area contributed by atoms with Crippen LogP contribution in [0.1, 0.15) is 57.6 Å². The number of rotatable bonds is 5. The largest absolute Gasteiger partial charge is 0.462 e. The molecule has 8 nitrogen and oxygen atoms in total. The first-order valence-electron chi connectivity index (χ1n) is 9.83. The van der Waals surface area contributed by atoms with Gasteiger partial charge in [-0.1, -0.05) is 0 Å². The first kappa shape index (κ1) is 21.8. The van der Waals surface area contributed by atoms with E-state index in [0.717, 1.165) is 10.2 Å². The maximum atomic E-state index is 12.5. The monoisotopic (exact) mass is 473 g/mol. The molecule has 0 radical (unpaired) electrons. The van der Waals surface area contributed by atoms with Crippen LogP contribution < -0.4 is 10.2 Å². The summed E-state index contributed by atoms with van der Waals surface area (Å²) in [6, 6.07) is 5.50. The van der Waals surface area contributed by atoms with Crippen molar-refractivity contribution >= 4 is 33.6 Å². The lowest BCUT2D eigenvalue weighted by Crippen LogP contribution is -2.45. The molecule has 0 bridgehead atoms. The van der Waals surface area contributed by atoms with Gasteiger partial charge in [0.25, 0.3) is 5.91 Å². The van der Waals surface area contributed by atoms with Gasteiger partial charge in [0.1, 0.15) is 23.1 Å². The molecule has 3 rings (SSSR count). The molecular weight excluding hydrogens is 450 g/mol. The summed E-state index contributed by atoms with van der Waals surface area (Å²) in [7, 11) is 0. The zero-order chi connectivity index (χ0) is 21.8. The van der Waals surface area contributed by atoms with Crippen LogP contribution >= 0.6 is 15.9 Å². The average Bonchev–Trinajstić information content (AvgIpc) is 3.06. The van der Waals surface area contributed by atoms with Gasteiger partial charge in [-0.25, -0.2) is 9.78 Å². The van der Waals surface area contributed by atoms with E-state index in [-0.39, 0.29) is 29.7 Å². The van der Waals surface area contributed by atoms with Gasteiger partial charge in [-0.3, -0.25) is 4.79 Å². The summed E-state index contributed by atoms with van der Waals surface area (Å²) in [5, 5.41) is 12.7. The molecule has 0 spiro atoms. The van der Waals surface area contributed by atoms with Crippen LogP contribution in [-0.4, -0.2) is 47.6 Å². The van der Waals surface area contributed by atoms with Crippen molar-refractivity contribution < 1.29 is 14.3 Å². The van der Waals surface area contributed by atoms with Crippen molar-refractivity contribution in [1.29, 1.82) is 5.26 Å². The molecule has 1 saturated heterocycles. The highest BCUT2D eigenvalue weighted by Gasteiger charge is 2.27. The van der Waals surface area contributed by atoms with Gasteiger partial charge in [0, 0.05) is 35.0 Å². The molecule has 0 aliphatic carbocycles. The summed E-state index contributed by atoms with van der Waals surface area (Å²) in [6.07, 6.45) is 1.42. The van der Waals surface area contributed by atoms with E-state index < -0.39 is 5.97 Å². The number of aromatic amines is 1. The molecule has 0 aromatic carbocycles. The summed E-state index contributed by atoms with van der Waals surface area (Å²) in [6.45, 7) is 6.88. The number of halogens is 1. The normalized spacial score (nSPS) is 14.3. The molecule has 0 saturated carbocycles. The van der Waals surface area contributed by atoms with E-state index in [0.29, 0.717) is 43.1 Å². The second-order valence-electron chi connectivity index (χ2n) is 7.23. The molecule has 30 heavy (non-hydrogen) atoms. The molecule has 158 valence electrons. The molecule has 2 aromatic heterocycles. The number of pyridine rings is 1. The third-order valence-corrected chi connectivity index (χ3v) is 5.89. The van der Waals surface area contributed by atoms with E-state index >= 15 is 0 Å². The van der Waals surface area contributed by atoms with Gasteiger partial charge in [-0.15, -0.1) is 0 Å². The Hall–Kier alpha value is -2.86. The van der Waals surface area contributed by atoms with Gasteiger partial charge in [-0.05, 0) is 61.7 Å². The van der Waals surface area contributed by atoms with Crippen molar-refractivity contribution in [2.75, 3.05) is 24.6 Å². The van der Waals surface area contributed by atoms with Gasteiger partial charge in [0.15, 0.2) is 0 Å². The number of aryl methyl sites for hydroxylation is 2. The Morgan fingerprint density at radius 2 is 2.07 bits per heavy atom. The zero-order valence-corrected chi connectivity index (χ0v) is 18.8. The number of amides is 1. The fraction of sp³-hybridized carbons (Fsp3) is 0.429. The van der Waals surface area contributed by atoms with Crippen LogP contribution in [0.25, 0.3) is 0 Å². The summed E-state index contributed by atoms with van der Waals surface area (Å²) in [5.41, 5.74) is 2.54. The summed E-state index contributed by atoms with van der Waals surface area (Å²) in [5.74, 6) is -0.164. The third kappa shape index (κ3) is 4.65. The number of carbonyl (C=O) groups excluding carboxylic acids is 2. The maximum absolute atomic E-state index is 12.5. The van der Waals surface area contributed by atoms with Gasteiger partial charge >= 0.3 is 5.97 Å². The molecule has 1 aliphatic rings. The standard InChI is InChI=1S/C21H24BrN5O3/c1-4-30-21(29)15-9-12(2)24-19(16(15)11-23)27-7-5-14(6-8-27)26-20(28)18-10-17(22)13(3)25-18/h9-10,14,25H,4-8H2,1-3H3,(H,26,28). The zero-order valence-electron chi connectivity index (χ0n) is 17.2. The van der Waals surface area contributed by atoms with Crippen molar-refractivity contribution in [1.82, 2.24) is 15.3 Å². The van der Waals surface area contributed by atoms with Crippen LogP contribution in [0, 0.1) is 25.2 Å². The van der Waals surface area contributed by atoms with E-state index in [1.54, 1.807) is 26.0 Å². The van der Waals surface area contributed by atoms with Gasteiger partial charge < -0.3 is 19.9 Å². The van der Waals surface area contributed by atoms with Crippen molar-refractivity contribution in [3.05, 3.63) is 44.8 Å². The summed E-state index contributed by atoms with van der Waals surface area (Å²) < 4.78 is 5.96. The number of esters is 1. The first-order valence-corrected chi connectivity index (χ1v) is 10.6. The number of anilines is 1. The van der Waals surface area contributed by atoms with Crippen LogP contribution in [0.2, 0.25) is 0 Å². The lowest BCUT2D eigenvalue weighted by atomic mass is 10.0. The number of carbonyl (C=O) groups is 2. The molecule has 0 unspecified atom stereocenters. The van der Waals surface area contributed by atoms with Crippen LogP contribution in [0.15, 0.2) is 16.6 Å². The molecule has 1 fully saturated rings. The number of hydrogen-bond acceptors (Lipinski definition) is 6. The molecule has 2 N–H and O–H groups in total. The highest BCUT2D eigenvalue weighted by atomic mass is 79.9. The highest BCUT2D eigenvalue weighted by molar-refractivity contribution is 9.10. The lowest BCUT2D eigenvalue weighted by molar-refractivity contribution is 0.0525. The van der Waals surface area contributed by atoms with Crippen LogP contribution in [0.4, 0.5) is 5.82 Å². The lowest BCUT2D eigenvalue weighted by Gasteiger charge is -2.33. The Kier molecular flexibility index (Phi) is 6.77. The molecule has 2 aromatic rings. The highest BCUT2D eigenvalue weighted by Crippen LogP contribution is 2.26. The van der Waals surface area contributed by atoms with Crippen molar-refractivity contribution in [3.63, 3.8) is 0 Å². The fourth-order valence-electron chi connectivity index (χ4n) is 3.52. The quantitative estimate of drug-likeness (QED) is 0.644. The van der Waals surface area contributed by atoms with Gasteiger partial charge in [-0.2, -0.15) is 5.26 Å². The van der Waals surface area contributed by atoms with E-state index in [4.69, 9.17) is 4.74 Å². The molecule has 1 amide bonds. The molecule has 9 heteroatoms. The number of aromatic nitrogens is 2. The number of nitrogens with one attached hydrogen (secondary N) is 2. The number of piperidine rings is 1. The van der Waals surface area contributed by atoms with Crippen LogP contribution in [0.5, 0.6) is 0 Å². The number of ether oxygens (including phenoxy) is 1. The number of hydrogen-bond donors (Lipinski definition) is 2. The molecule has 3 heterocycles. The van der Waals surface area contributed by atoms with Crippen LogP contribution in [0.3, 0.4) is 0 Å². The first-order chi connectivity index (χ1) is 14.3. The molecule has 1 aliphatic heterocycles. The Bertz CT molecular complexity index is 983. The molecule has 0 atom stereocenters. The number of H-pyrrole nitrogens is 1. The minimum Gasteiger partial charge on any atom is -0.462 e. The summed E-state index contributed by atoms with van der Waals surface area (Å²) >= 11 is 3.40. The molecular formula is C21H24BrN5O3. The number of nitriles is 1. The van der Waals surface area contributed by atoms with Gasteiger partial charge in [0.05, 0.1) is 12.2 Å². The fourth-order valence-corrected chi connectivity index (χ4v) is 3.85. The smallest absolute Gasteiger partial charge is 0.339 e. The second-order valence-corrected chi connectivity index (χ2v) is 8.09. The maximum Gasteiger partial charge on any atom is 0.339 e. The van der Waals surface area contributed by atoms with Crippen molar-refractivity contribution in [2.24, 2.45) is 0 Å².